The fourth-order valence-corrected chi connectivity index (χ4v) is 2.54. The number of imide groups is 1. The zero-order valence-corrected chi connectivity index (χ0v) is 12.6. The number of hydrogen-bond donors (Lipinski definition) is 1. The van der Waals surface area contributed by atoms with Crippen LogP contribution >= 0.6 is 0 Å². The second-order valence-corrected chi connectivity index (χ2v) is 5.34. The maximum absolute atomic E-state index is 12.1. The summed E-state index contributed by atoms with van der Waals surface area (Å²) in [6, 6.07) is -0.496. The van der Waals surface area contributed by atoms with Gasteiger partial charge in [0.05, 0.1) is 0 Å². The summed E-state index contributed by atoms with van der Waals surface area (Å²) in [6.07, 6.45) is 6.29. The molecule has 5 heteroatoms. The smallest absolute Gasteiger partial charge is 0.249 e. The molecule has 20 heavy (non-hydrogen) atoms. The second kappa shape index (κ2) is 8.72. The lowest BCUT2D eigenvalue weighted by Gasteiger charge is -2.25. The van der Waals surface area contributed by atoms with Gasteiger partial charge in [0, 0.05) is 19.4 Å². The lowest BCUT2D eigenvalue weighted by Crippen LogP contribution is -2.48. The Balaban J connectivity index is 2.39. The molecule has 114 valence electrons. The summed E-state index contributed by atoms with van der Waals surface area (Å²) in [5.41, 5.74) is 0. The van der Waals surface area contributed by atoms with E-state index in [1.165, 1.54) is 0 Å². The van der Waals surface area contributed by atoms with Crippen LogP contribution in [0.25, 0.3) is 0 Å². The van der Waals surface area contributed by atoms with Gasteiger partial charge in [-0.2, -0.15) is 0 Å². The third-order valence-corrected chi connectivity index (χ3v) is 3.70. The first-order valence-electron chi connectivity index (χ1n) is 7.73. The molecule has 3 amide bonds. The van der Waals surface area contributed by atoms with Crippen LogP contribution in [0.4, 0.5) is 0 Å². The van der Waals surface area contributed by atoms with Crippen molar-refractivity contribution in [1.29, 1.82) is 0 Å². The Bertz CT molecular complexity index is 355. The van der Waals surface area contributed by atoms with E-state index in [1.807, 2.05) is 6.92 Å². The lowest BCUT2D eigenvalue weighted by molar-refractivity contribution is -0.140. The normalized spacial score (nSPS) is 16.3. The molecular formula is C15H26N2O3. The van der Waals surface area contributed by atoms with Crippen LogP contribution in [0.5, 0.6) is 0 Å². The Labute approximate surface area is 121 Å². The van der Waals surface area contributed by atoms with E-state index in [1.54, 1.807) is 4.90 Å². The summed E-state index contributed by atoms with van der Waals surface area (Å²) >= 11 is 0. The van der Waals surface area contributed by atoms with Crippen molar-refractivity contribution in [2.24, 2.45) is 0 Å². The standard InChI is InChI=1S/C15H26N2O3/c1-3-5-6-7-9-13(18)16-15(20)12(4-2)17-11-8-10-14(17)19/h12H,3-11H2,1-2H3,(H,16,18,20). The van der Waals surface area contributed by atoms with Crippen molar-refractivity contribution in [2.45, 2.75) is 71.3 Å². The van der Waals surface area contributed by atoms with Crippen molar-refractivity contribution in [3.05, 3.63) is 0 Å². The highest BCUT2D eigenvalue weighted by atomic mass is 16.2. The largest absolute Gasteiger partial charge is 0.331 e. The van der Waals surface area contributed by atoms with E-state index in [2.05, 4.69) is 12.2 Å². The van der Waals surface area contributed by atoms with Crippen LogP contribution in [-0.2, 0) is 14.4 Å². The minimum atomic E-state index is -0.496. The van der Waals surface area contributed by atoms with E-state index in [9.17, 15) is 14.4 Å². The number of nitrogens with zero attached hydrogens (tertiary/aromatic N) is 1. The van der Waals surface area contributed by atoms with Gasteiger partial charge in [-0.25, -0.2) is 0 Å². The molecule has 0 radical (unpaired) electrons. The van der Waals surface area contributed by atoms with Crippen LogP contribution in [0.1, 0.15) is 65.2 Å². The molecule has 0 aliphatic carbocycles. The molecule has 1 unspecified atom stereocenters. The van der Waals surface area contributed by atoms with Gasteiger partial charge in [-0.05, 0) is 19.3 Å². The van der Waals surface area contributed by atoms with Gasteiger partial charge in [-0.15, -0.1) is 0 Å². The predicted octanol–water partition coefficient (Wildman–Crippen LogP) is 2.00. The molecule has 1 rings (SSSR count). The van der Waals surface area contributed by atoms with Crippen molar-refractivity contribution < 1.29 is 14.4 Å². The van der Waals surface area contributed by atoms with E-state index >= 15 is 0 Å². The third-order valence-electron chi connectivity index (χ3n) is 3.70. The van der Waals surface area contributed by atoms with Crippen molar-refractivity contribution in [2.75, 3.05) is 6.54 Å². The van der Waals surface area contributed by atoms with Crippen molar-refractivity contribution in [1.82, 2.24) is 10.2 Å². The Morgan fingerprint density at radius 3 is 2.55 bits per heavy atom. The number of amides is 3. The van der Waals surface area contributed by atoms with Crippen LogP contribution < -0.4 is 5.32 Å². The monoisotopic (exact) mass is 282 g/mol. The first kappa shape index (κ1) is 16.7. The second-order valence-electron chi connectivity index (χ2n) is 5.34. The Morgan fingerprint density at radius 1 is 1.25 bits per heavy atom. The van der Waals surface area contributed by atoms with Crippen LogP contribution in [0.3, 0.4) is 0 Å². The summed E-state index contributed by atoms with van der Waals surface area (Å²) in [5, 5.41) is 2.43. The summed E-state index contributed by atoms with van der Waals surface area (Å²) in [6.45, 7) is 4.60. The van der Waals surface area contributed by atoms with E-state index in [-0.39, 0.29) is 17.7 Å². The fraction of sp³-hybridized carbons (Fsp3) is 0.800. The highest BCUT2D eigenvalue weighted by Crippen LogP contribution is 2.16. The van der Waals surface area contributed by atoms with Gasteiger partial charge in [0.25, 0.3) is 0 Å². The quantitative estimate of drug-likeness (QED) is 0.692. The first-order chi connectivity index (χ1) is 9.60. The number of hydrogen-bond acceptors (Lipinski definition) is 3. The highest BCUT2D eigenvalue weighted by molar-refractivity contribution is 5.99. The number of likely N-dealkylation sites (tertiary alicyclic amines) is 1. The van der Waals surface area contributed by atoms with Crippen molar-refractivity contribution in [3.8, 4) is 0 Å². The molecule has 0 spiro atoms. The summed E-state index contributed by atoms with van der Waals surface area (Å²) in [7, 11) is 0. The molecule has 1 atom stereocenters. The maximum atomic E-state index is 12.1. The van der Waals surface area contributed by atoms with Gasteiger partial charge < -0.3 is 4.90 Å². The minimum Gasteiger partial charge on any atom is -0.331 e. The Hall–Kier alpha value is -1.39. The molecule has 0 bridgehead atoms. The molecule has 1 N–H and O–H groups in total. The van der Waals surface area contributed by atoms with E-state index in [4.69, 9.17) is 0 Å². The molecule has 1 aliphatic rings. The van der Waals surface area contributed by atoms with Crippen LogP contribution in [0.15, 0.2) is 0 Å². The van der Waals surface area contributed by atoms with Crippen molar-refractivity contribution in [3.63, 3.8) is 0 Å². The average Bonchev–Trinajstić information content (AvgIpc) is 2.82. The van der Waals surface area contributed by atoms with Gasteiger partial charge in [-0.3, -0.25) is 19.7 Å². The van der Waals surface area contributed by atoms with E-state index in [0.717, 1.165) is 32.1 Å². The average molecular weight is 282 g/mol. The predicted molar refractivity (Wildman–Crippen MR) is 76.9 cm³/mol. The summed E-state index contributed by atoms with van der Waals surface area (Å²) < 4.78 is 0. The van der Waals surface area contributed by atoms with Gasteiger partial charge >= 0.3 is 0 Å². The molecular weight excluding hydrogens is 256 g/mol. The minimum absolute atomic E-state index is 0.0161. The first-order valence-corrected chi connectivity index (χ1v) is 7.73. The van der Waals surface area contributed by atoms with Gasteiger partial charge in [0.2, 0.25) is 17.7 Å². The number of carbonyl (C=O) groups is 3. The topological polar surface area (TPSA) is 66.5 Å². The molecule has 1 saturated heterocycles. The number of nitrogens with one attached hydrogen (secondary N) is 1. The SMILES string of the molecule is CCCCCCC(=O)NC(=O)C(CC)N1CCCC1=O. The third kappa shape index (κ3) is 4.94. The Kier molecular flexibility index (Phi) is 7.26. The summed E-state index contributed by atoms with van der Waals surface area (Å²) in [5.74, 6) is -0.540. The summed E-state index contributed by atoms with van der Waals surface area (Å²) in [4.78, 5) is 37.0. The maximum Gasteiger partial charge on any atom is 0.249 e. The molecule has 5 nitrogen and oxygen atoms in total. The molecule has 1 heterocycles. The number of unbranched alkanes of at least 4 members (excludes halogenated alkanes) is 3. The lowest BCUT2D eigenvalue weighted by atomic mass is 10.1. The highest BCUT2D eigenvalue weighted by Gasteiger charge is 2.31. The fourth-order valence-electron chi connectivity index (χ4n) is 2.54. The van der Waals surface area contributed by atoms with Crippen LogP contribution in [-0.4, -0.2) is 35.2 Å². The van der Waals surface area contributed by atoms with Gasteiger partial charge in [0.15, 0.2) is 0 Å². The molecule has 0 aromatic heterocycles. The van der Waals surface area contributed by atoms with Crippen LogP contribution in [0, 0.1) is 0 Å². The zero-order valence-electron chi connectivity index (χ0n) is 12.6. The number of rotatable bonds is 8. The Morgan fingerprint density at radius 2 is 2.00 bits per heavy atom. The zero-order chi connectivity index (χ0) is 15.0. The van der Waals surface area contributed by atoms with Gasteiger partial charge in [-0.1, -0.05) is 33.1 Å². The van der Waals surface area contributed by atoms with E-state index in [0.29, 0.717) is 25.8 Å². The van der Waals surface area contributed by atoms with Crippen molar-refractivity contribution >= 4 is 17.7 Å². The molecule has 1 fully saturated rings. The molecule has 0 aromatic carbocycles. The molecule has 1 aliphatic heterocycles. The van der Waals surface area contributed by atoms with E-state index < -0.39 is 6.04 Å². The number of carbonyl (C=O) groups excluding carboxylic acids is 3. The molecule has 0 aromatic rings. The van der Waals surface area contributed by atoms with Crippen LogP contribution in [0.2, 0.25) is 0 Å². The molecule has 0 saturated carbocycles. The van der Waals surface area contributed by atoms with Gasteiger partial charge in [0.1, 0.15) is 6.04 Å².